The van der Waals surface area contributed by atoms with Gasteiger partial charge in [0.15, 0.2) is 0 Å². The smallest absolute Gasteiger partial charge is 0.0158 e. The molecule has 26 heavy (non-hydrogen) atoms. The van der Waals surface area contributed by atoms with Crippen molar-refractivity contribution < 1.29 is 0 Å². The molecule has 0 aromatic heterocycles. The SMILES string of the molecule is C=CC1=C(/C=C\C)c2ccc(-c3ccc(C)c(C)c3)cc2C1(C)C.CC. The van der Waals surface area contributed by atoms with Crippen LogP contribution in [0.4, 0.5) is 0 Å². The quantitative estimate of drug-likeness (QED) is 0.532. The molecule has 0 N–H and O–H groups in total. The molecule has 136 valence electrons. The first-order valence-corrected chi connectivity index (χ1v) is 9.62. The van der Waals surface area contributed by atoms with Crippen LogP contribution in [-0.4, -0.2) is 0 Å². The zero-order chi connectivity index (χ0) is 19.5. The molecule has 0 atom stereocenters. The van der Waals surface area contributed by atoms with E-state index < -0.39 is 0 Å². The van der Waals surface area contributed by atoms with E-state index >= 15 is 0 Å². The van der Waals surface area contributed by atoms with E-state index in [1.54, 1.807) is 0 Å². The Kier molecular flexibility index (Phi) is 6.08. The Morgan fingerprint density at radius 1 is 0.885 bits per heavy atom. The van der Waals surface area contributed by atoms with Crippen LogP contribution in [0.15, 0.2) is 66.8 Å². The lowest BCUT2D eigenvalue weighted by Crippen LogP contribution is -2.16. The zero-order valence-corrected chi connectivity index (χ0v) is 17.4. The van der Waals surface area contributed by atoms with E-state index in [4.69, 9.17) is 0 Å². The van der Waals surface area contributed by atoms with Gasteiger partial charge < -0.3 is 0 Å². The van der Waals surface area contributed by atoms with E-state index in [9.17, 15) is 0 Å². The number of aryl methyl sites for hydroxylation is 2. The van der Waals surface area contributed by atoms with Crippen molar-refractivity contribution in [2.24, 2.45) is 0 Å². The molecule has 0 saturated heterocycles. The molecule has 0 aliphatic heterocycles. The Labute approximate surface area is 160 Å². The molecule has 0 unspecified atom stereocenters. The highest BCUT2D eigenvalue weighted by atomic mass is 14.4. The summed E-state index contributed by atoms with van der Waals surface area (Å²) in [5, 5.41) is 0. The van der Waals surface area contributed by atoms with Gasteiger partial charge in [0.05, 0.1) is 0 Å². The van der Waals surface area contributed by atoms with Crippen LogP contribution in [0, 0.1) is 13.8 Å². The van der Waals surface area contributed by atoms with E-state index in [-0.39, 0.29) is 5.41 Å². The van der Waals surface area contributed by atoms with Gasteiger partial charge in [-0.2, -0.15) is 0 Å². The topological polar surface area (TPSA) is 0 Å². The molecular weight excluding hydrogens is 312 g/mol. The van der Waals surface area contributed by atoms with Crippen molar-refractivity contribution in [3.8, 4) is 11.1 Å². The predicted octanol–water partition coefficient (Wildman–Crippen LogP) is 7.80. The molecule has 0 radical (unpaired) electrons. The summed E-state index contributed by atoms with van der Waals surface area (Å²) in [4.78, 5) is 0. The summed E-state index contributed by atoms with van der Waals surface area (Å²) in [5.74, 6) is 0. The molecule has 0 heterocycles. The molecular formula is C26H32. The molecule has 0 saturated carbocycles. The fraction of sp³-hybridized carbons (Fsp3) is 0.308. The van der Waals surface area contributed by atoms with Gasteiger partial charge >= 0.3 is 0 Å². The van der Waals surface area contributed by atoms with Crippen molar-refractivity contribution in [1.29, 1.82) is 0 Å². The van der Waals surface area contributed by atoms with Gasteiger partial charge in [0.1, 0.15) is 0 Å². The molecule has 0 spiro atoms. The minimum absolute atomic E-state index is 0.0122. The summed E-state index contributed by atoms with van der Waals surface area (Å²) >= 11 is 0. The fourth-order valence-corrected chi connectivity index (χ4v) is 3.73. The lowest BCUT2D eigenvalue weighted by molar-refractivity contribution is 0.655. The van der Waals surface area contributed by atoms with Crippen LogP contribution in [0.5, 0.6) is 0 Å². The lowest BCUT2D eigenvalue weighted by atomic mass is 9.80. The van der Waals surface area contributed by atoms with E-state index in [1.165, 1.54) is 44.5 Å². The number of hydrogen-bond acceptors (Lipinski definition) is 0. The van der Waals surface area contributed by atoms with Crippen molar-refractivity contribution in [3.05, 3.63) is 89.0 Å². The molecule has 0 heteroatoms. The molecule has 2 aromatic rings. The van der Waals surface area contributed by atoms with E-state index in [1.807, 2.05) is 19.9 Å². The average Bonchev–Trinajstić information content (AvgIpc) is 2.85. The third-order valence-corrected chi connectivity index (χ3v) is 5.32. The molecule has 0 nitrogen and oxygen atoms in total. The number of hydrogen-bond donors (Lipinski definition) is 0. The summed E-state index contributed by atoms with van der Waals surface area (Å²) < 4.78 is 0. The monoisotopic (exact) mass is 344 g/mol. The summed E-state index contributed by atoms with van der Waals surface area (Å²) in [6, 6.07) is 13.6. The molecule has 0 amide bonds. The Hall–Kier alpha value is -2.34. The van der Waals surface area contributed by atoms with Gasteiger partial charge in [0.25, 0.3) is 0 Å². The van der Waals surface area contributed by atoms with Crippen LogP contribution < -0.4 is 0 Å². The first kappa shape index (κ1) is 20.0. The second-order valence-electron chi connectivity index (χ2n) is 7.22. The third kappa shape index (κ3) is 3.33. The van der Waals surface area contributed by atoms with E-state index in [2.05, 4.69) is 89.7 Å². The van der Waals surface area contributed by atoms with Gasteiger partial charge in [-0.1, -0.05) is 82.8 Å². The normalized spacial score (nSPS) is 14.9. The first-order chi connectivity index (χ1) is 12.4. The largest absolute Gasteiger partial charge is 0.0987 e. The van der Waals surface area contributed by atoms with Gasteiger partial charge in [0, 0.05) is 5.41 Å². The Bertz CT molecular complexity index is 873. The maximum atomic E-state index is 4.06. The summed E-state index contributed by atoms with van der Waals surface area (Å²) in [6.07, 6.45) is 6.34. The first-order valence-electron chi connectivity index (χ1n) is 9.62. The molecule has 3 rings (SSSR count). The van der Waals surface area contributed by atoms with Gasteiger partial charge in [-0.05, 0) is 71.4 Å². The minimum Gasteiger partial charge on any atom is -0.0987 e. The van der Waals surface area contributed by atoms with Crippen molar-refractivity contribution >= 4 is 5.57 Å². The molecule has 0 bridgehead atoms. The average molecular weight is 345 g/mol. The molecule has 1 aliphatic rings. The van der Waals surface area contributed by atoms with E-state index in [0.29, 0.717) is 0 Å². The number of benzene rings is 2. The summed E-state index contributed by atoms with van der Waals surface area (Å²) in [7, 11) is 0. The summed E-state index contributed by atoms with van der Waals surface area (Å²) in [5.41, 5.74) is 10.6. The minimum atomic E-state index is -0.0122. The van der Waals surface area contributed by atoms with Crippen LogP contribution in [0.25, 0.3) is 16.7 Å². The Morgan fingerprint density at radius 3 is 2.08 bits per heavy atom. The van der Waals surface area contributed by atoms with Crippen LogP contribution in [0.3, 0.4) is 0 Å². The van der Waals surface area contributed by atoms with Crippen LogP contribution in [-0.2, 0) is 5.41 Å². The van der Waals surface area contributed by atoms with Crippen LogP contribution in [0.1, 0.15) is 56.9 Å². The molecule has 0 fully saturated rings. The van der Waals surface area contributed by atoms with Gasteiger partial charge in [0.2, 0.25) is 0 Å². The van der Waals surface area contributed by atoms with E-state index in [0.717, 1.165) is 0 Å². The van der Waals surface area contributed by atoms with Crippen molar-refractivity contribution in [1.82, 2.24) is 0 Å². The second-order valence-corrected chi connectivity index (χ2v) is 7.22. The molecule has 1 aliphatic carbocycles. The Morgan fingerprint density at radius 2 is 1.50 bits per heavy atom. The zero-order valence-electron chi connectivity index (χ0n) is 17.4. The maximum absolute atomic E-state index is 4.06. The standard InChI is InChI=1S/C24H26.C2H6/c1-7-9-20-21-13-12-19(18-11-10-16(3)17(4)14-18)15-23(21)24(5,6)22(20)8-2;1-2/h7-15H,2H2,1,3-6H3;1-2H3/b9-7-;. The lowest BCUT2D eigenvalue weighted by Gasteiger charge is -2.23. The fourth-order valence-electron chi connectivity index (χ4n) is 3.73. The van der Waals surface area contributed by atoms with Crippen molar-refractivity contribution in [2.75, 3.05) is 0 Å². The predicted molar refractivity (Wildman–Crippen MR) is 118 cm³/mol. The van der Waals surface area contributed by atoms with Gasteiger partial charge in [-0.3, -0.25) is 0 Å². The Balaban J connectivity index is 0.00000117. The second kappa shape index (κ2) is 7.91. The third-order valence-electron chi connectivity index (χ3n) is 5.32. The highest BCUT2D eigenvalue weighted by Gasteiger charge is 2.35. The van der Waals surface area contributed by atoms with Crippen molar-refractivity contribution in [3.63, 3.8) is 0 Å². The number of allylic oxidation sites excluding steroid dienone is 5. The van der Waals surface area contributed by atoms with Gasteiger partial charge in [-0.15, -0.1) is 0 Å². The van der Waals surface area contributed by atoms with Crippen LogP contribution in [0.2, 0.25) is 0 Å². The van der Waals surface area contributed by atoms with Crippen molar-refractivity contribution in [2.45, 2.75) is 53.9 Å². The highest BCUT2D eigenvalue weighted by molar-refractivity contribution is 5.89. The van der Waals surface area contributed by atoms with Gasteiger partial charge in [-0.25, -0.2) is 0 Å². The number of fused-ring (bicyclic) bond motifs is 1. The maximum Gasteiger partial charge on any atom is 0.0158 e. The van der Waals surface area contributed by atoms with Crippen LogP contribution >= 0.6 is 0 Å². The number of rotatable bonds is 3. The summed E-state index contributed by atoms with van der Waals surface area (Å²) in [6.45, 7) is 19.1. The highest BCUT2D eigenvalue weighted by Crippen LogP contribution is 2.48. The molecule has 2 aromatic carbocycles.